The van der Waals surface area contributed by atoms with Crippen LogP contribution in [0.5, 0.6) is 0 Å². The average Bonchev–Trinajstić information content (AvgIpc) is 2.70. The highest BCUT2D eigenvalue weighted by atomic mass is 16.4. The number of unbranched alkanes of at least 4 members (excludes halogenated alkanes) is 1. The molecular weight excluding hydrogens is 370 g/mol. The molecule has 0 spiro atoms. The smallest absolute Gasteiger partial charge is 0.305 e. The van der Waals surface area contributed by atoms with E-state index in [1.54, 1.807) is 18.5 Å². The summed E-state index contributed by atoms with van der Waals surface area (Å²) in [6.45, 7) is 0. The second kappa shape index (κ2) is 9.59. The van der Waals surface area contributed by atoms with E-state index in [-0.39, 0.29) is 18.3 Å². The third-order valence-electron chi connectivity index (χ3n) is 4.55. The van der Waals surface area contributed by atoms with E-state index in [0.29, 0.717) is 24.8 Å². The van der Waals surface area contributed by atoms with Crippen LogP contribution < -0.4 is 11.1 Å². The minimum absolute atomic E-state index is 0.188. The number of aromatic nitrogens is 3. The Bertz CT molecular complexity index is 1010. The summed E-state index contributed by atoms with van der Waals surface area (Å²) in [6, 6.07) is 10.6. The highest BCUT2D eigenvalue weighted by Crippen LogP contribution is 2.21. The third kappa shape index (κ3) is 5.97. The van der Waals surface area contributed by atoms with Gasteiger partial charge in [0.05, 0.1) is 18.0 Å². The van der Waals surface area contributed by atoms with E-state index in [4.69, 9.17) is 5.73 Å². The topological polar surface area (TPSA) is 131 Å². The molecule has 150 valence electrons. The number of nitrogen functional groups attached to an aromatic ring is 1. The van der Waals surface area contributed by atoms with Gasteiger partial charge in [0.15, 0.2) is 0 Å². The normalized spacial score (nSPS) is 11.9. The van der Waals surface area contributed by atoms with Crippen molar-refractivity contribution >= 4 is 28.7 Å². The van der Waals surface area contributed by atoms with Crippen LogP contribution in [0.25, 0.3) is 10.9 Å². The van der Waals surface area contributed by atoms with Gasteiger partial charge in [-0.05, 0) is 43.0 Å². The molecule has 4 N–H and O–H groups in total. The van der Waals surface area contributed by atoms with E-state index in [1.807, 2.05) is 30.3 Å². The fourth-order valence-electron chi connectivity index (χ4n) is 3.12. The molecular formula is C21H23N5O3. The summed E-state index contributed by atoms with van der Waals surface area (Å²) in [5, 5.41) is 13.0. The van der Waals surface area contributed by atoms with Gasteiger partial charge in [0.1, 0.15) is 0 Å². The van der Waals surface area contributed by atoms with E-state index in [2.05, 4.69) is 20.3 Å². The van der Waals surface area contributed by atoms with Crippen LogP contribution in [0.4, 0.5) is 5.95 Å². The molecule has 1 amide bonds. The summed E-state index contributed by atoms with van der Waals surface area (Å²) in [7, 11) is 0. The number of pyridine rings is 1. The zero-order valence-corrected chi connectivity index (χ0v) is 15.9. The lowest BCUT2D eigenvalue weighted by molar-refractivity contribution is -0.137. The molecule has 0 aliphatic rings. The molecule has 1 aromatic carbocycles. The highest BCUT2D eigenvalue weighted by Gasteiger charge is 2.19. The SMILES string of the molecule is Nc1nccc(CCCCC(=O)N[C@@H](CC(=O)O)c2cnc3ccccc3c2)n1. The van der Waals surface area contributed by atoms with Crippen molar-refractivity contribution in [3.8, 4) is 0 Å². The quantitative estimate of drug-likeness (QED) is 0.476. The number of hydrogen-bond acceptors (Lipinski definition) is 6. The van der Waals surface area contributed by atoms with Gasteiger partial charge >= 0.3 is 5.97 Å². The van der Waals surface area contributed by atoms with E-state index >= 15 is 0 Å². The van der Waals surface area contributed by atoms with Gasteiger partial charge in [-0.1, -0.05) is 18.2 Å². The Balaban J connectivity index is 1.57. The van der Waals surface area contributed by atoms with Crippen molar-refractivity contribution in [3.05, 3.63) is 60.0 Å². The summed E-state index contributed by atoms with van der Waals surface area (Å²) >= 11 is 0. The number of aliphatic carboxylic acids is 1. The number of benzene rings is 1. The molecule has 0 saturated heterocycles. The number of nitrogens with one attached hydrogen (secondary N) is 1. The number of carbonyl (C=O) groups is 2. The van der Waals surface area contributed by atoms with Crippen molar-refractivity contribution in [3.63, 3.8) is 0 Å². The van der Waals surface area contributed by atoms with Crippen LogP contribution in [-0.2, 0) is 16.0 Å². The minimum atomic E-state index is -0.982. The van der Waals surface area contributed by atoms with Crippen molar-refractivity contribution in [1.82, 2.24) is 20.3 Å². The molecule has 0 fully saturated rings. The number of carboxylic acids is 1. The zero-order chi connectivity index (χ0) is 20.6. The van der Waals surface area contributed by atoms with E-state index in [0.717, 1.165) is 23.0 Å². The van der Waals surface area contributed by atoms with Gasteiger partial charge in [0, 0.05) is 29.9 Å². The van der Waals surface area contributed by atoms with Crippen LogP contribution in [0.1, 0.15) is 43.0 Å². The Labute approximate surface area is 168 Å². The number of carbonyl (C=O) groups excluding carboxylic acids is 1. The van der Waals surface area contributed by atoms with E-state index in [1.165, 1.54) is 0 Å². The minimum Gasteiger partial charge on any atom is -0.481 e. The predicted octanol–water partition coefficient (Wildman–Crippen LogP) is 2.65. The molecule has 0 aliphatic carbocycles. The van der Waals surface area contributed by atoms with Gasteiger partial charge in [-0.15, -0.1) is 0 Å². The van der Waals surface area contributed by atoms with Crippen molar-refractivity contribution in [2.24, 2.45) is 0 Å². The van der Waals surface area contributed by atoms with Crippen LogP contribution >= 0.6 is 0 Å². The Hall–Kier alpha value is -3.55. The largest absolute Gasteiger partial charge is 0.481 e. The Morgan fingerprint density at radius 3 is 2.76 bits per heavy atom. The van der Waals surface area contributed by atoms with Crippen LogP contribution in [0, 0.1) is 0 Å². The molecule has 3 aromatic rings. The summed E-state index contributed by atoms with van der Waals surface area (Å²) in [4.78, 5) is 36.0. The maximum absolute atomic E-state index is 12.4. The molecule has 0 saturated carbocycles. The van der Waals surface area contributed by atoms with E-state index in [9.17, 15) is 14.7 Å². The fourth-order valence-corrected chi connectivity index (χ4v) is 3.12. The number of amides is 1. The van der Waals surface area contributed by atoms with Gasteiger partial charge in [-0.3, -0.25) is 14.6 Å². The lowest BCUT2D eigenvalue weighted by atomic mass is 10.0. The number of nitrogens with two attached hydrogens (primary N) is 1. The molecule has 0 aliphatic heterocycles. The lowest BCUT2D eigenvalue weighted by Crippen LogP contribution is -2.30. The molecule has 2 aromatic heterocycles. The molecule has 8 heteroatoms. The summed E-state index contributed by atoms with van der Waals surface area (Å²) in [5.74, 6) is -0.933. The van der Waals surface area contributed by atoms with Gasteiger partial charge in [0.25, 0.3) is 0 Å². The van der Waals surface area contributed by atoms with Crippen LogP contribution in [0.2, 0.25) is 0 Å². The van der Waals surface area contributed by atoms with Crippen molar-refractivity contribution in [2.75, 3.05) is 5.73 Å². The van der Waals surface area contributed by atoms with Crippen LogP contribution in [0.3, 0.4) is 0 Å². The van der Waals surface area contributed by atoms with Crippen molar-refractivity contribution in [2.45, 2.75) is 38.1 Å². The summed E-state index contributed by atoms with van der Waals surface area (Å²) in [5.41, 5.74) is 7.89. The summed E-state index contributed by atoms with van der Waals surface area (Å²) in [6.07, 6.45) is 5.46. The number of hydrogen-bond donors (Lipinski definition) is 3. The molecule has 1 atom stereocenters. The number of carboxylic acid groups (broad SMARTS) is 1. The summed E-state index contributed by atoms with van der Waals surface area (Å²) < 4.78 is 0. The average molecular weight is 393 g/mol. The first-order valence-electron chi connectivity index (χ1n) is 9.44. The van der Waals surface area contributed by atoms with Gasteiger partial charge < -0.3 is 16.2 Å². The third-order valence-corrected chi connectivity index (χ3v) is 4.55. The first-order chi connectivity index (χ1) is 14.0. The molecule has 3 rings (SSSR count). The maximum Gasteiger partial charge on any atom is 0.305 e. The molecule has 2 heterocycles. The molecule has 0 bridgehead atoms. The second-order valence-corrected chi connectivity index (χ2v) is 6.79. The fraction of sp³-hybridized carbons (Fsp3) is 0.286. The maximum atomic E-state index is 12.4. The molecule has 8 nitrogen and oxygen atoms in total. The van der Waals surface area contributed by atoms with Crippen LogP contribution in [-0.4, -0.2) is 31.9 Å². The molecule has 0 radical (unpaired) electrons. The number of rotatable bonds is 9. The Morgan fingerprint density at radius 1 is 1.14 bits per heavy atom. The number of anilines is 1. The van der Waals surface area contributed by atoms with Gasteiger partial charge in [0.2, 0.25) is 11.9 Å². The van der Waals surface area contributed by atoms with Gasteiger partial charge in [-0.25, -0.2) is 9.97 Å². The van der Waals surface area contributed by atoms with Crippen LogP contribution in [0.15, 0.2) is 48.8 Å². The Morgan fingerprint density at radius 2 is 1.97 bits per heavy atom. The monoisotopic (exact) mass is 393 g/mol. The molecule has 0 unspecified atom stereocenters. The number of nitrogens with zero attached hydrogens (tertiary/aromatic N) is 3. The first kappa shape index (κ1) is 20.2. The lowest BCUT2D eigenvalue weighted by Gasteiger charge is -2.17. The van der Waals surface area contributed by atoms with E-state index < -0.39 is 12.0 Å². The second-order valence-electron chi connectivity index (χ2n) is 6.79. The predicted molar refractivity (Wildman–Crippen MR) is 109 cm³/mol. The zero-order valence-electron chi connectivity index (χ0n) is 15.9. The standard InChI is InChI=1S/C21H23N5O3/c22-21-23-10-9-16(25-21)6-2-4-8-19(27)26-18(12-20(28)29)15-11-14-5-1-3-7-17(14)24-13-15/h1,3,5,7,9-11,13,18H,2,4,6,8,12H2,(H,26,27)(H,28,29)(H2,22,23,25)/t18-/m0/s1. The van der Waals surface area contributed by atoms with Gasteiger partial charge in [-0.2, -0.15) is 0 Å². The number of fused-ring (bicyclic) bond motifs is 1. The highest BCUT2D eigenvalue weighted by molar-refractivity contribution is 5.80. The van der Waals surface area contributed by atoms with Crippen molar-refractivity contribution < 1.29 is 14.7 Å². The van der Waals surface area contributed by atoms with Crippen molar-refractivity contribution in [1.29, 1.82) is 0 Å². The Kier molecular flexibility index (Phi) is 6.67. The molecule has 29 heavy (non-hydrogen) atoms. The number of aryl methyl sites for hydroxylation is 1. The first-order valence-corrected chi connectivity index (χ1v) is 9.44. The number of para-hydroxylation sites is 1.